The molecule has 0 aliphatic carbocycles. The number of halogens is 3. The second kappa shape index (κ2) is 12.8. The van der Waals surface area contributed by atoms with Crippen LogP contribution in [0.25, 0.3) is 0 Å². The van der Waals surface area contributed by atoms with Gasteiger partial charge in [0.15, 0.2) is 0 Å². The average Bonchev–Trinajstić information content (AvgIpc) is 2.84. The summed E-state index contributed by atoms with van der Waals surface area (Å²) in [7, 11) is 0. The zero-order chi connectivity index (χ0) is 25.1. The number of nitrogens with zero attached hydrogens (tertiary/aromatic N) is 1. The minimum atomic E-state index is -4.77. The van der Waals surface area contributed by atoms with Crippen molar-refractivity contribution in [3.63, 3.8) is 0 Å². The Morgan fingerprint density at radius 3 is 2.09 bits per heavy atom. The van der Waals surface area contributed by atoms with Gasteiger partial charge >= 0.3 is 12.4 Å². The molecule has 5 nitrogen and oxygen atoms in total. The Morgan fingerprint density at radius 1 is 0.914 bits per heavy atom. The number of carbonyl (C=O) groups is 1. The van der Waals surface area contributed by atoms with Gasteiger partial charge in [-0.3, -0.25) is 0 Å². The lowest BCUT2D eigenvalue weighted by Crippen LogP contribution is -2.47. The van der Waals surface area contributed by atoms with E-state index in [1.165, 1.54) is 24.3 Å². The number of carbonyl (C=O) groups excluding carboxylic acids is 1. The summed E-state index contributed by atoms with van der Waals surface area (Å²) in [6.45, 7) is 3.76. The van der Waals surface area contributed by atoms with Gasteiger partial charge in [-0.1, -0.05) is 74.0 Å². The van der Waals surface area contributed by atoms with E-state index in [1.54, 1.807) is 4.90 Å². The van der Waals surface area contributed by atoms with Crippen molar-refractivity contribution in [2.75, 3.05) is 11.9 Å². The summed E-state index contributed by atoms with van der Waals surface area (Å²) in [5.41, 5.74) is 2.53. The molecule has 2 amide bonds. The SMILES string of the molecule is CCCC(CNCc1ccccc1)N(Cc1ccccc1)C(=O)Nc1ccc(OC(F)(F)F)cc1. The number of urea groups is 1. The Labute approximate surface area is 203 Å². The van der Waals surface area contributed by atoms with Crippen LogP contribution in [0.2, 0.25) is 0 Å². The van der Waals surface area contributed by atoms with Crippen molar-refractivity contribution < 1.29 is 22.7 Å². The third-order valence-corrected chi connectivity index (χ3v) is 5.41. The fraction of sp³-hybridized carbons (Fsp3) is 0.296. The molecule has 3 rings (SSSR count). The van der Waals surface area contributed by atoms with E-state index < -0.39 is 6.36 Å². The van der Waals surface area contributed by atoms with Crippen LogP contribution in [0.3, 0.4) is 0 Å². The molecule has 3 aromatic carbocycles. The molecule has 0 bridgehead atoms. The Morgan fingerprint density at radius 2 is 1.51 bits per heavy atom. The van der Waals surface area contributed by atoms with Gasteiger partial charge in [-0.2, -0.15) is 0 Å². The number of rotatable bonds is 11. The number of alkyl halides is 3. The lowest BCUT2D eigenvalue weighted by Gasteiger charge is -2.32. The highest BCUT2D eigenvalue weighted by Gasteiger charge is 2.31. The van der Waals surface area contributed by atoms with Gasteiger partial charge in [-0.25, -0.2) is 4.79 Å². The van der Waals surface area contributed by atoms with Crippen molar-refractivity contribution in [1.29, 1.82) is 0 Å². The first-order valence-electron chi connectivity index (χ1n) is 11.6. The van der Waals surface area contributed by atoms with Crippen molar-refractivity contribution in [2.45, 2.75) is 45.3 Å². The summed E-state index contributed by atoms with van der Waals surface area (Å²) in [6.07, 6.45) is -3.09. The normalized spacial score (nSPS) is 12.1. The second-order valence-electron chi connectivity index (χ2n) is 8.17. The summed E-state index contributed by atoms with van der Waals surface area (Å²) < 4.78 is 41.2. The van der Waals surface area contributed by atoms with Crippen LogP contribution in [0.4, 0.5) is 23.7 Å². The molecule has 0 aromatic heterocycles. The summed E-state index contributed by atoms with van der Waals surface area (Å²) in [4.78, 5) is 15.1. The maximum Gasteiger partial charge on any atom is 0.573 e. The van der Waals surface area contributed by atoms with Crippen LogP contribution in [-0.2, 0) is 13.1 Å². The Kier molecular flexibility index (Phi) is 9.55. The van der Waals surface area contributed by atoms with E-state index in [9.17, 15) is 18.0 Å². The third kappa shape index (κ3) is 8.98. The first-order valence-corrected chi connectivity index (χ1v) is 11.6. The largest absolute Gasteiger partial charge is 0.573 e. The minimum Gasteiger partial charge on any atom is -0.406 e. The molecule has 186 valence electrons. The predicted molar refractivity (Wildman–Crippen MR) is 131 cm³/mol. The molecule has 0 saturated heterocycles. The first kappa shape index (κ1) is 26.1. The zero-order valence-corrected chi connectivity index (χ0v) is 19.6. The van der Waals surface area contributed by atoms with Crippen LogP contribution in [0.15, 0.2) is 84.9 Å². The molecule has 0 spiro atoms. The van der Waals surface area contributed by atoms with Gasteiger partial charge in [0.05, 0.1) is 0 Å². The highest BCUT2D eigenvalue weighted by Crippen LogP contribution is 2.24. The van der Waals surface area contributed by atoms with E-state index in [0.29, 0.717) is 25.3 Å². The van der Waals surface area contributed by atoms with E-state index in [4.69, 9.17) is 0 Å². The molecular weight excluding hydrogens is 455 g/mol. The van der Waals surface area contributed by atoms with Gasteiger partial charge in [0.25, 0.3) is 0 Å². The standard InChI is InChI=1S/C27H30F3N3O2/c1-2-9-24(19-31-18-21-10-5-3-6-11-21)33(20-22-12-7-4-8-13-22)26(34)32-23-14-16-25(17-15-23)35-27(28,29)30/h3-8,10-17,24,31H,2,9,18-20H2,1H3,(H,32,34). The molecule has 1 atom stereocenters. The van der Waals surface area contributed by atoms with Gasteiger partial charge in [-0.15, -0.1) is 13.2 Å². The van der Waals surface area contributed by atoms with Gasteiger partial charge in [0.2, 0.25) is 0 Å². The van der Waals surface area contributed by atoms with E-state index in [1.807, 2.05) is 60.7 Å². The molecule has 0 radical (unpaired) electrons. The van der Waals surface area contributed by atoms with Crippen molar-refractivity contribution in [1.82, 2.24) is 10.2 Å². The molecule has 8 heteroatoms. The monoisotopic (exact) mass is 485 g/mol. The lowest BCUT2D eigenvalue weighted by atomic mass is 10.1. The molecule has 3 aromatic rings. The molecule has 2 N–H and O–H groups in total. The van der Waals surface area contributed by atoms with Crippen LogP contribution in [0.1, 0.15) is 30.9 Å². The van der Waals surface area contributed by atoms with Crippen molar-refractivity contribution in [2.24, 2.45) is 0 Å². The Balaban J connectivity index is 1.72. The van der Waals surface area contributed by atoms with Gasteiger partial charge in [0.1, 0.15) is 5.75 Å². The fourth-order valence-corrected chi connectivity index (χ4v) is 3.76. The molecule has 0 heterocycles. The maximum atomic E-state index is 13.4. The fourth-order valence-electron chi connectivity index (χ4n) is 3.76. The van der Waals surface area contributed by atoms with Crippen LogP contribution in [0.5, 0.6) is 5.75 Å². The van der Waals surface area contributed by atoms with Crippen LogP contribution in [-0.4, -0.2) is 29.9 Å². The number of hydrogen-bond acceptors (Lipinski definition) is 3. The molecule has 1 unspecified atom stereocenters. The first-order chi connectivity index (χ1) is 16.8. The zero-order valence-electron chi connectivity index (χ0n) is 19.6. The topological polar surface area (TPSA) is 53.6 Å². The summed E-state index contributed by atoms with van der Waals surface area (Å²) in [5, 5.41) is 6.28. The second-order valence-corrected chi connectivity index (χ2v) is 8.17. The van der Waals surface area contributed by atoms with Crippen molar-refractivity contribution in [3.8, 4) is 5.75 Å². The number of amides is 2. The molecule has 0 fully saturated rings. The van der Waals surface area contributed by atoms with Gasteiger partial charge in [0, 0.05) is 31.4 Å². The van der Waals surface area contributed by atoms with E-state index in [0.717, 1.165) is 24.0 Å². The maximum absolute atomic E-state index is 13.4. The molecule has 0 aliphatic rings. The Bertz CT molecular complexity index is 1030. The number of anilines is 1. The van der Waals surface area contributed by atoms with Crippen molar-refractivity contribution in [3.05, 3.63) is 96.1 Å². The van der Waals surface area contributed by atoms with E-state index in [2.05, 4.69) is 22.3 Å². The minimum absolute atomic E-state index is 0.0863. The summed E-state index contributed by atoms with van der Waals surface area (Å²) in [5.74, 6) is -0.342. The molecule has 0 aliphatic heterocycles. The highest BCUT2D eigenvalue weighted by molar-refractivity contribution is 5.89. The number of benzene rings is 3. The van der Waals surface area contributed by atoms with Gasteiger partial charge < -0.3 is 20.3 Å². The molecule has 0 saturated carbocycles. The molecule has 35 heavy (non-hydrogen) atoms. The van der Waals surface area contributed by atoms with Crippen LogP contribution >= 0.6 is 0 Å². The number of nitrogens with one attached hydrogen (secondary N) is 2. The number of hydrogen-bond donors (Lipinski definition) is 2. The lowest BCUT2D eigenvalue weighted by molar-refractivity contribution is -0.274. The summed E-state index contributed by atoms with van der Waals surface area (Å²) in [6, 6.07) is 24.5. The predicted octanol–water partition coefficient (Wildman–Crippen LogP) is 6.58. The molecular formula is C27H30F3N3O2. The quantitative estimate of drug-likeness (QED) is 0.323. The van der Waals surface area contributed by atoms with E-state index >= 15 is 0 Å². The third-order valence-electron chi connectivity index (χ3n) is 5.41. The Hall–Kier alpha value is -3.52. The smallest absolute Gasteiger partial charge is 0.406 e. The van der Waals surface area contributed by atoms with E-state index in [-0.39, 0.29) is 17.8 Å². The van der Waals surface area contributed by atoms with Crippen LogP contribution < -0.4 is 15.4 Å². The highest BCUT2D eigenvalue weighted by atomic mass is 19.4. The number of ether oxygens (including phenoxy) is 1. The van der Waals surface area contributed by atoms with Crippen molar-refractivity contribution >= 4 is 11.7 Å². The van der Waals surface area contributed by atoms with Crippen LogP contribution in [0, 0.1) is 0 Å². The van der Waals surface area contributed by atoms with Gasteiger partial charge in [-0.05, 0) is 41.8 Å². The summed E-state index contributed by atoms with van der Waals surface area (Å²) >= 11 is 0. The average molecular weight is 486 g/mol.